The number of nitrogens with zero attached hydrogens (tertiary/aromatic N) is 1. The third-order valence-corrected chi connectivity index (χ3v) is 5.89. The number of hydrogen-bond donors (Lipinski definition) is 3. The fourth-order valence-electron chi connectivity index (χ4n) is 3.15. The van der Waals surface area contributed by atoms with Gasteiger partial charge in [-0.05, 0) is 18.4 Å². The first-order chi connectivity index (χ1) is 11.9. The number of carbonyl (C=O) groups is 2. The van der Waals surface area contributed by atoms with Crippen LogP contribution in [0.4, 0.5) is 4.79 Å². The topological polar surface area (TPSA) is 108 Å². The van der Waals surface area contributed by atoms with Gasteiger partial charge in [-0.1, -0.05) is 30.3 Å². The van der Waals surface area contributed by atoms with Crippen molar-refractivity contribution in [3.8, 4) is 0 Å². The molecule has 3 amide bonds. The van der Waals surface area contributed by atoms with Crippen LogP contribution in [-0.2, 0) is 21.4 Å². The highest BCUT2D eigenvalue weighted by atomic mass is 32.2. The second-order valence-electron chi connectivity index (χ2n) is 6.45. The van der Waals surface area contributed by atoms with Crippen LogP contribution in [0.2, 0.25) is 0 Å². The van der Waals surface area contributed by atoms with E-state index in [9.17, 15) is 18.0 Å². The van der Waals surface area contributed by atoms with Crippen LogP contribution in [0.3, 0.4) is 0 Å². The van der Waals surface area contributed by atoms with Gasteiger partial charge in [0.05, 0.1) is 5.75 Å². The Labute approximate surface area is 147 Å². The predicted octanol–water partition coefficient (Wildman–Crippen LogP) is -0.222. The number of imide groups is 1. The van der Waals surface area contributed by atoms with Crippen LogP contribution in [0.5, 0.6) is 0 Å². The molecule has 3 rings (SSSR count). The van der Waals surface area contributed by atoms with E-state index in [0.717, 1.165) is 32.5 Å². The van der Waals surface area contributed by atoms with E-state index in [1.165, 1.54) is 5.56 Å². The van der Waals surface area contributed by atoms with Gasteiger partial charge >= 0.3 is 6.03 Å². The van der Waals surface area contributed by atoms with Crippen LogP contribution in [0.25, 0.3) is 0 Å². The van der Waals surface area contributed by atoms with Crippen LogP contribution in [0.15, 0.2) is 30.3 Å². The quantitative estimate of drug-likeness (QED) is 0.603. The molecule has 25 heavy (non-hydrogen) atoms. The minimum absolute atomic E-state index is 0.141. The van der Waals surface area contributed by atoms with E-state index in [0.29, 0.717) is 0 Å². The fraction of sp³-hybridized carbons (Fsp3) is 0.500. The molecule has 0 spiro atoms. The summed E-state index contributed by atoms with van der Waals surface area (Å²) >= 11 is 0. The minimum atomic E-state index is -3.64. The smallest absolute Gasteiger partial charge is 0.322 e. The second-order valence-corrected chi connectivity index (χ2v) is 8.25. The second kappa shape index (κ2) is 7.51. The first-order valence-electron chi connectivity index (χ1n) is 8.29. The molecule has 2 fully saturated rings. The summed E-state index contributed by atoms with van der Waals surface area (Å²) in [5.74, 6) is -1.04. The molecule has 3 N–H and O–H groups in total. The molecule has 0 unspecified atom stereocenters. The van der Waals surface area contributed by atoms with Gasteiger partial charge in [0.25, 0.3) is 5.91 Å². The average Bonchev–Trinajstić information content (AvgIpc) is 2.87. The van der Waals surface area contributed by atoms with Crippen molar-refractivity contribution in [3.63, 3.8) is 0 Å². The van der Waals surface area contributed by atoms with E-state index in [-0.39, 0.29) is 6.04 Å². The summed E-state index contributed by atoms with van der Waals surface area (Å²) in [6.07, 6.45) is 1.44. The van der Waals surface area contributed by atoms with Gasteiger partial charge < -0.3 is 5.32 Å². The lowest BCUT2D eigenvalue weighted by molar-refractivity contribution is -0.119. The summed E-state index contributed by atoms with van der Waals surface area (Å²) < 4.78 is 27.1. The van der Waals surface area contributed by atoms with Crippen LogP contribution in [0.1, 0.15) is 18.4 Å². The van der Waals surface area contributed by atoms with Gasteiger partial charge in [-0.15, -0.1) is 0 Å². The van der Waals surface area contributed by atoms with E-state index in [4.69, 9.17) is 0 Å². The van der Waals surface area contributed by atoms with Gasteiger partial charge in [0.15, 0.2) is 0 Å². The van der Waals surface area contributed by atoms with E-state index in [1.54, 1.807) is 0 Å². The lowest BCUT2D eigenvalue weighted by atomic mass is 10.1. The van der Waals surface area contributed by atoms with Gasteiger partial charge in [0.2, 0.25) is 10.0 Å². The van der Waals surface area contributed by atoms with Crippen molar-refractivity contribution >= 4 is 22.0 Å². The number of sulfonamides is 1. The molecule has 0 aliphatic carbocycles. The van der Waals surface area contributed by atoms with Crippen molar-refractivity contribution in [1.82, 2.24) is 20.3 Å². The minimum Gasteiger partial charge on any atom is -0.325 e. The maximum atomic E-state index is 12.2. The van der Waals surface area contributed by atoms with Crippen molar-refractivity contribution < 1.29 is 18.0 Å². The van der Waals surface area contributed by atoms with Crippen molar-refractivity contribution in [2.45, 2.75) is 31.5 Å². The molecule has 1 atom stereocenters. The number of rotatable bonds is 6. The Morgan fingerprint density at radius 3 is 2.40 bits per heavy atom. The highest BCUT2D eigenvalue weighted by Gasteiger charge is 2.34. The van der Waals surface area contributed by atoms with E-state index < -0.39 is 33.8 Å². The van der Waals surface area contributed by atoms with E-state index in [1.807, 2.05) is 23.5 Å². The average molecular weight is 366 g/mol. The zero-order valence-corrected chi connectivity index (χ0v) is 14.6. The molecule has 136 valence electrons. The maximum Gasteiger partial charge on any atom is 0.322 e. The van der Waals surface area contributed by atoms with E-state index >= 15 is 0 Å². The van der Waals surface area contributed by atoms with Crippen LogP contribution in [-0.4, -0.2) is 56.2 Å². The summed E-state index contributed by atoms with van der Waals surface area (Å²) in [7, 11) is -3.64. The summed E-state index contributed by atoms with van der Waals surface area (Å²) in [6.45, 7) is 2.47. The zero-order chi connectivity index (χ0) is 17.9. The molecule has 2 aliphatic rings. The molecule has 1 aromatic carbocycles. The highest BCUT2D eigenvalue weighted by Crippen LogP contribution is 2.15. The standard InChI is InChI=1S/C16H22N4O4S/c21-15-14(17-16(22)18-15)11-25(23,24)19-13-6-8-20(9-7-13)10-12-4-2-1-3-5-12/h1-5,13-14,19H,6-11H2,(H2,17,18,21,22)/t14-/m0/s1. The first kappa shape index (κ1) is 17.8. The Balaban J connectivity index is 1.46. The van der Waals surface area contributed by atoms with Crippen molar-refractivity contribution in [1.29, 1.82) is 0 Å². The SMILES string of the molecule is O=C1NC(=O)[C@H](CS(=O)(=O)NC2CCN(Cc3ccccc3)CC2)N1. The van der Waals surface area contributed by atoms with Crippen molar-refractivity contribution in [2.24, 2.45) is 0 Å². The highest BCUT2D eigenvalue weighted by molar-refractivity contribution is 7.89. The Hall–Kier alpha value is -1.97. The van der Waals surface area contributed by atoms with Crippen LogP contribution in [0, 0.1) is 0 Å². The summed E-state index contributed by atoms with van der Waals surface area (Å²) in [5.41, 5.74) is 1.24. The number of benzene rings is 1. The monoisotopic (exact) mass is 366 g/mol. The normalized spacial score (nSPS) is 22.6. The van der Waals surface area contributed by atoms with Crippen molar-refractivity contribution in [2.75, 3.05) is 18.8 Å². The molecule has 9 heteroatoms. The Morgan fingerprint density at radius 1 is 1.12 bits per heavy atom. The molecule has 0 bridgehead atoms. The Kier molecular flexibility index (Phi) is 5.36. The Morgan fingerprint density at radius 2 is 1.80 bits per heavy atom. The summed E-state index contributed by atoms with van der Waals surface area (Å²) in [4.78, 5) is 24.8. The number of piperidine rings is 1. The molecule has 0 saturated carbocycles. The molecule has 0 radical (unpaired) electrons. The van der Waals surface area contributed by atoms with Crippen molar-refractivity contribution in [3.05, 3.63) is 35.9 Å². The maximum absolute atomic E-state index is 12.2. The lowest BCUT2D eigenvalue weighted by Crippen LogP contribution is -2.48. The van der Waals surface area contributed by atoms with Crippen LogP contribution >= 0.6 is 0 Å². The third kappa shape index (κ3) is 5.00. The van der Waals surface area contributed by atoms with Crippen LogP contribution < -0.4 is 15.4 Å². The number of nitrogens with one attached hydrogen (secondary N) is 3. The molecule has 2 heterocycles. The molecular formula is C16H22N4O4S. The van der Waals surface area contributed by atoms with Gasteiger partial charge in [0, 0.05) is 25.7 Å². The predicted molar refractivity (Wildman–Crippen MR) is 92.1 cm³/mol. The molecular weight excluding hydrogens is 344 g/mol. The lowest BCUT2D eigenvalue weighted by Gasteiger charge is -2.32. The first-order valence-corrected chi connectivity index (χ1v) is 9.94. The molecule has 8 nitrogen and oxygen atoms in total. The largest absolute Gasteiger partial charge is 0.325 e. The molecule has 2 aliphatic heterocycles. The van der Waals surface area contributed by atoms with E-state index in [2.05, 4.69) is 27.1 Å². The summed E-state index contributed by atoms with van der Waals surface area (Å²) in [5, 5.41) is 4.34. The number of carbonyl (C=O) groups excluding carboxylic acids is 2. The Bertz CT molecular complexity index is 730. The fourth-order valence-corrected chi connectivity index (χ4v) is 4.66. The molecule has 2 saturated heterocycles. The summed E-state index contributed by atoms with van der Waals surface area (Å²) in [6, 6.07) is 8.34. The molecule has 1 aromatic rings. The number of amides is 3. The zero-order valence-electron chi connectivity index (χ0n) is 13.8. The van der Waals surface area contributed by atoms with Gasteiger partial charge in [-0.3, -0.25) is 15.0 Å². The number of urea groups is 1. The van der Waals surface area contributed by atoms with Gasteiger partial charge in [-0.25, -0.2) is 17.9 Å². The third-order valence-electron chi connectivity index (χ3n) is 4.43. The van der Waals surface area contributed by atoms with Gasteiger partial charge in [0.1, 0.15) is 6.04 Å². The number of hydrogen-bond acceptors (Lipinski definition) is 5. The molecule has 0 aromatic heterocycles. The van der Waals surface area contributed by atoms with Gasteiger partial charge in [-0.2, -0.15) is 0 Å². The number of likely N-dealkylation sites (tertiary alicyclic amines) is 1.